The molecule has 12 heavy (non-hydrogen) atoms. The summed E-state index contributed by atoms with van der Waals surface area (Å²) in [5.74, 6) is 0.675. The lowest BCUT2D eigenvalue weighted by Gasteiger charge is -2.14. The van der Waals surface area contributed by atoms with Crippen LogP contribution in [0.5, 0.6) is 0 Å². The standard InChI is InChI=1S/C11H11Cl/c12-8-9-5-6-10-3-1-2-4-11(10)7-9/h1-5H,6-8H2. The summed E-state index contributed by atoms with van der Waals surface area (Å²) in [4.78, 5) is 0. The summed E-state index contributed by atoms with van der Waals surface area (Å²) in [5.41, 5.74) is 4.25. The summed E-state index contributed by atoms with van der Waals surface area (Å²) >= 11 is 5.78. The Hall–Kier alpha value is -0.750. The number of allylic oxidation sites excluding steroid dienone is 2. The second kappa shape index (κ2) is 3.32. The van der Waals surface area contributed by atoms with Gasteiger partial charge in [0.15, 0.2) is 0 Å². The van der Waals surface area contributed by atoms with Crippen LogP contribution in [0.15, 0.2) is 35.9 Å². The minimum atomic E-state index is 0.675. The highest BCUT2D eigenvalue weighted by molar-refractivity contribution is 6.19. The summed E-state index contributed by atoms with van der Waals surface area (Å²) in [6.45, 7) is 0. The lowest BCUT2D eigenvalue weighted by molar-refractivity contribution is 1.02. The Labute approximate surface area is 77.9 Å². The van der Waals surface area contributed by atoms with Crippen LogP contribution in [0.25, 0.3) is 0 Å². The van der Waals surface area contributed by atoms with E-state index in [-0.39, 0.29) is 0 Å². The molecule has 0 amide bonds. The molecule has 0 N–H and O–H groups in total. The maximum atomic E-state index is 5.78. The number of benzene rings is 1. The average molecular weight is 179 g/mol. The van der Waals surface area contributed by atoms with E-state index in [1.54, 1.807) is 0 Å². The van der Waals surface area contributed by atoms with Crippen LogP contribution in [0, 0.1) is 0 Å². The summed E-state index contributed by atoms with van der Waals surface area (Å²) in [6, 6.07) is 8.57. The van der Waals surface area contributed by atoms with Crippen molar-refractivity contribution in [2.24, 2.45) is 0 Å². The molecule has 0 saturated carbocycles. The lowest BCUT2D eigenvalue weighted by Crippen LogP contribution is -2.03. The Kier molecular flexibility index (Phi) is 2.18. The molecule has 0 aromatic heterocycles. The minimum absolute atomic E-state index is 0.675. The zero-order valence-corrected chi connectivity index (χ0v) is 7.64. The fourth-order valence-corrected chi connectivity index (χ4v) is 1.81. The van der Waals surface area contributed by atoms with Gasteiger partial charge in [-0.25, -0.2) is 0 Å². The number of hydrogen-bond donors (Lipinski definition) is 0. The topological polar surface area (TPSA) is 0 Å². The highest BCUT2D eigenvalue weighted by Crippen LogP contribution is 2.20. The first kappa shape index (κ1) is 7.88. The number of halogens is 1. The smallest absolute Gasteiger partial charge is 0.0436 e. The zero-order chi connectivity index (χ0) is 8.39. The van der Waals surface area contributed by atoms with Gasteiger partial charge in [0, 0.05) is 5.88 Å². The molecule has 0 bridgehead atoms. The normalized spacial score (nSPS) is 15.2. The van der Waals surface area contributed by atoms with Gasteiger partial charge in [-0.05, 0) is 24.0 Å². The molecule has 62 valence electrons. The first-order valence-corrected chi connectivity index (χ1v) is 4.74. The van der Waals surface area contributed by atoms with Crippen LogP contribution in [-0.4, -0.2) is 5.88 Å². The van der Waals surface area contributed by atoms with Gasteiger partial charge in [0.1, 0.15) is 0 Å². The van der Waals surface area contributed by atoms with Gasteiger partial charge in [-0.15, -0.1) is 11.6 Å². The van der Waals surface area contributed by atoms with Gasteiger partial charge in [0.25, 0.3) is 0 Å². The van der Waals surface area contributed by atoms with Gasteiger partial charge >= 0.3 is 0 Å². The number of rotatable bonds is 1. The van der Waals surface area contributed by atoms with Crippen LogP contribution < -0.4 is 0 Å². The molecule has 0 nitrogen and oxygen atoms in total. The number of hydrogen-bond acceptors (Lipinski definition) is 0. The molecule has 0 unspecified atom stereocenters. The second-order valence-corrected chi connectivity index (χ2v) is 3.41. The Morgan fingerprint density at radius 3 is 2.67 bits per heavy atom. The SMILES string of the molecule is ClCC1=CCc2ccccc2C1. The molecule has 0 saturated heterocycles. The van der Waals surface area contributed by atoms with Gasteiger partial charge in [-0.1, -0.05) is 35.9 Å². The third-order valence-electron chi connectivity index (χ3n) is 2.32. The average Bonchev–Trinajstić information content (AvgIpc) is 2.17. The van der Waals surface area contributed by atoms with Gasteiger partial charge in [-0.2, -0.15) is 0 Å². The summed E-state index contributed by atoms with van der Waals surface area (Å²) in [7, 11) is 0. The van der Waals surface area contributed by atoms with Crippen LogP contribution in [0.3, 0.4) is 0 Å². The first-order valence-electron chi connectivity index (χ1n) is 4.21. The molecule has 0 spiro atoms. The van der Waals surface area contributed by atoms with Crippen molar-refractivity contribution in [1.82, 2.24) is 0 Å². The van der Waals surface area contributed by atoms with Crippen LogP contribution in [0.4, 0.5) is 0 Å². The van der Waals surface area contributed by atoms with Crippen molar-refractivity contribution in [3.8, 4) is 0 Å². The van der Waals surface area contributed by atoms with E-state index in [0.717, 1.165) is 12.8 Å². The van der Waals surface area contributed by atoms with E-state index in [9.17, 15) is 0 Å². The van der Waals surface area contributed by atoms with Gasteiger partial charge in [0.2, 0.25) is 0 Å². The van der Waals surface area contributed by atoms with Crippen molar-refractivity contribution >= 4 is 11.6 Å². The van der Waals surface area contributed by atoms with Crippen molar-refractivity contribution in [3.63, 3.8) is 0 Å². The molecular formula is C11H11Cl. The predicted molar refractivity (Wildman–Crippen MR) is 52.7 cm³/mol. The summed E-state index contributed by atoms with van der Waals surface area (Å²) < 4.78 is 0. The number of fused-ring (bicyclic) bond motifs is 1. The Morgan fingerprint density at radius 2 is 1.92 bits per heavy atom. The molecule has 0 aliphatic heterocycles. The second-order valence-electron chi connectivity index (χ2n) is 3.15. The highest BCUT2D eigenvalue weighted by Gasteiger charge is 2.08. The van der Waals surface area contributed by atoms with Gasteiger partial charge in [0.05, 0.1) is 0 Å². The first-order chi connectivity index (χ1) is 5.90. The van der Waals surface area contributed by atoms with E-state index in [2.05, 4.69) is 30.3 Å². The van der Waals surface area contributed by atoms with E-state index in [1.807, 2.05) is 0 Å². The number of alkyl halides is 1. The van der Waals surface area contributed by atoms with Gasteiger partial charge in [-0.3, -0.25) is 0 Å². The van der Waals surface area contributed by atoms with Gasteiger partial charge < -0.3 is 0 Å². The largest absolute Gasteiger partial charge is 0.122 e. The molecule has 1 aromatic rings. The Balaban J connectivity index is 2.31. The molecule has 1 heteroatoms. The molecule has 0 heterocycles. The quantitative estimate of drug-likeness (QED) is 0.458. The van der Waals surface area contributed by atoms with Crippen LogP contribution in [-0.2, 0) is 12.8 Å². The molecule has 0 atom stereocenters. The van der Waals surface area contributed by atoms with E-state index < -0.39 is 0 Å². The van der Waals surface area contributed by atoms with E-state index in [0.29, 0.717) is 5.88 Å². The van der Waals surface area contributed by atoms with Crippen molar-refractivity contribution in [1.29, 1.82) is 0 Å². The van der Waals surface area contributed by atoms with E-state index >= 15 is 0 Å². The van der Waals surface area contributed by atoms with E-state index in [1.165, 1.54) is 16.7 Å². The predicted octanol–water partition coefficient (Wildman–Crippen LogP) is 2.95. The van der Waals surface area contributed by atoms with E-state index in [4.69, 9.17) is 11.6 Å². The molecule has 0 radical (unpaired) electrons. The van der Waals surface area contributed by atoms with Crippen molar-refractivity contribution in [2.75, 3.05) is 5.88 Å². The van der Waals surface area contributed by atoms with Crippen LogP contribution >= 0.6 is 11.6 Å². The Bertz CT molecular complexity index is 313. The third-order valence-corrected chi connectivity index (χ3v) is 2.66. The molecular weight excluding hydrogens is 168 g/mol. The highest BCUT2D eigenvalue weighted by atomic mass is 35.5. The lowest BCUT2D eigenvalue weighted by atomic mass is 9.92. The summed E-state index contributed by atoms with van der Waals surface area (Å²) in [5, 5.41) is 0. The Morgan fingerprint density at radius 1 is 1.17 bits per heavy atom. The van der Waals surface area contributed by atoms with Crippen LogP contribution in [0.2, 0.25) is 0 Å². The minimum Gasteiger partial charge on any atom is -0.122 e. The fraction of sp³-hybridized carbons (Fsp3) is 0.273. The molecule has 1 aliphatic rings. The molecule has 1 aromatic carbocycles. The zero-order valence-electron chi connectivity index (χ0n) is 6.89. The summed E-state index contributed by atoms with van der Waals surface area (Å²) in [6.07, 6.45) is 4.34. The van der Waals surface area contributed by atoms with Crippen molar-refractivity contribution in [2.45, 2.75) is 12.8 Å². The van der Waals surface area contributed by atoms with Crippen molar-refractivity contribution in [3.05, 3.63) is 47.0 Å². The van der Waals surface area contributed by atoms with Crippen molar-refractivity contribution < 1.29 is 0 Å². The fourth-order valence-electron chi connectivity index (χ4n) is 1.60. The maximum Gasteiger partial charge on any atom is 0.0436 e. The van der Waals surface area contributed by atoms with Crippen LogP contribution in [0.1, 0.15) is 11.1 Å². The monoisotopic (exact) mass is 178 g/mol. The molecule has 2 rings (SSSR count). The molecule has 0 fully saturated rings. The maximum absolute atomic E-state index is 5.78. The molecule has 1 aliphatic carbocycles. The third kappa shape index (κ3) is 1.39.